The van der Waals surface area contributed by atoms with Crippen LogP contribution in [-0.2, 0) is 24.4 Å². The Bertz CT molecular complexity index is 668. The predicted molar refractivity (Wildman–Crippen MR) is 95.5 cm³/mol. The molecule has 0 radical (unpaired) electrons. The van der Waals surface area contributed by atoms with E-state index < -0.39 is 0 Å². The highest BCUT2D eigenvalue weighted by atomic mass is 19.1. The van der Waals surface area contributed by atoms with E-state index in [0.717, 1.165) is 29.9 Å². The summed E-state index contributed by atoms with van der Waals surface area (Å²) in [4.78, 5) is 2.29. The molecule has 1 aliphatic rings. The van der Waals surface area contributed by atoms with Crippen molar-refractivity contribution in [1.29, 1.82) is 0 Å². The van der Waals surface area contributed by atoms with Crippen molar-refractivity contribution < 1.29 is 9.13 Å². The third-order valence-electron chi connectivity index (χ3n) is 4.47. The molecule has 24 heavy (non-hydrogen) atoms. The van der Waals surface area contributed by atoms with Gasteiger partial charge in [0.05, 0.1) is 6.61 Å². The molecule has 1 heterocycles. The van der Waals surface area contributed by atoms with Gasteiger partial charge in [-0.25, -0.2) is 4.39 Å². The van der Waals surface area contributed by atoms with Crippen LogP contribution >= 0.6 is 0 Å². The van der Waals surface area contributed by atoms with Crippen LogP contribution in [0.5, 0.6) is 0 Å². The lowest BCUT2D eigenvalue weighted by molar-refractivity contribution is 0.185. The van der Waals surface area contributed by atoms with Crippen molar-refractivity contribution in [2.24, 2.45) is 0 Å². The molecule has 1 saturated heterocycles. The highest BCUT2D eigenvalue weighted by Gasteiger charge is 2.17. The molecular formula is C20H25FN2O. The Morgan fingerprint density at radius 3 is 2.58 bits per heavy atom. The molecule has 3 rings (SSSR count). The van der Waals surface area contributed by atoms with Crippen LogP contribution in [-0.4, -0.2) is 20.2 Å². The van der Waals surface area contributed by atoms with Gasteiger partial charge in [-0.1, -0.05) is 30.3 Å². The van der Waals surface area contributed by atoms with Crippen LogP contribution < -0.4 is 10.2 Å². The molecular weight excluding hydrogens is 303 g/mol. The number of rotatable bonds is 7. The summed E-state index contributed by atoms with van der Waals surface area (Å²) in [5, 5.41) is 3.38. The van der Waals surface area contributed by atoms with E-state index in [4.69, 9.17) is 4.74 Å². The van der Waals surface area contributed by atoms with Gasteiger partial charge < -0.3 is 15.0 Å². The van der Waals surface area contributed by atoms with Gasteiger partial charge in [-0.05, 0) is 36.1 Å². The number of hydrogen-bond acceptors (Lipinski definition) is 3. The second-order valence-electron chi connectivity index (χ2n) is 6.29. The molecule has 2 aromatic rings. The minimum Gasteiger partial charge on any atom is -0.380 e. The zero-order valence-electron chi connectivity index (χ0n) is 14.2. The molecule has 0 bridgehead atoms. The van der Waals surface area contributed by atoms with E-state index >= 15 is 0 Å². The Morgan fingerprint density at radius 2 is 1.79 bits per heavy atom. The SMILES string of the molecule is COCc1cccc(CNCc2c(F)cccc2N2CCCC2)c1. The zero-order chi connectivity index (χ0) is 16.8. The fourth-order valence-electron chi connectivity index (χ4n) is 3.30. The lowest BCUT2D eigenvalue weighted by Gasteiger charge is -2.22. The third-order valence-corrected chi connectivity index (χ3v) is 4.47. The van der Waals surface area contributed by atoms with Crippen molar-refractivity contribution in [2.75, 3.05) is 25.1 Å². The van der Waals surface area contributed by atoms with Gasteiger partial charge in [0.25, 0.3) is 0 Å². The molecule has 0 spiro atoms. The van der Waals surface area contributed by atoms with Crippen LogP contribution in [0.4, 0.5) is 10.1 Å². The summed E-state index contributed by atoms with van der Waals surface area (Å²) in [7, 11) is 1.70. The molecule has 1 aliphatic heterocycles. The summed E-state index contributed by atoms with van der Waals surface area (Å²) in [6.45, 7) is 3.91. The van der Waals surface area contributed by atoms with E-state index in [1.807, 2.05) is 12.1 Å². The van der Waals surface area contributed by atoms with Gasteiger partial charge in [0.15, 0.2) is 0 Å². The van der Waals surface area contributed by atoms with Crippen LogP contribution in [0, 0.1) is 5.82 Å². The standard InChI is InChI=1S/C20H25FN2O/c1-24-15-17-7-4-6-16(12-17)13-22-14-18-19(21)8-5-9-20(18)23-10-2-3-11-23/h4-9,12,22H,2-3,10-11,13-15H2,1H3. The quantitative estimate of drug-likeness (QED) is 0.835. The van der Waals surface area contributed by atoms with E-state index in [2.05, 4.69) is 28.4 Å². The van der Waals surface area contributed by atoms with Crippen molar-refractivity contribution in [2.45, 2.75) is 32.5 Å². The Morgan fingerprint density at radius 1 is 1.04 bits per heavy atom. The van der Waals surface area contributed by atoms with Crippen LogP contribution in [0.25, 0.3) is 0 Å². The number of ether oxygens (including phenoxy) is 1. The summed E-state index contributed by atoms with van der Waals surface area (Å²) in [6.07, 6.45) is 2.38. The smallest absolute Gasteiger partial charge is 0.129 e. The van der Waals surface area contributed by atoms with Gasteiger partial charge in [0, 0.05) is 44.5 Å². The van der Waals surface area contributed by atoms with Crippen LogP contribution in [0.3, 0.4) is 0 Å². The van der Waals surface area contributed by atoms with E-state index in [1.165, 1.54) is 18.4 Å². The lowest BCUT2D eigenvalue weighted by atomic mass is 10.1. The van der Waals surface area contributed by atoms with Crippen molar-refractivity contribution in [3.8, 4) is 0 Å². The number of nitrogens with zero attached hydrogens (tertiary/aromatic N) is 1. The first kappa shape index (κ1) is 16.9. The van der Waals surface area contributed by atoms with E-state index in [-0.39, 0.29) is 5.82 Å². The molecule has 1 fully saturated rings. The fourth-order valence-corrected chi connectivity index (χ4v) is 3.30. The first-order chi connectivity index (χ1) is 11.8. The second kappa shape index (κ2) is 8.27. The van der Waals surface area contributed by atoms with Crippen LogP contribution in [0.2, 0.25) is 0 Å². The molecule has 0 unspecified atom stereocenters. The molecule has 4 heteroatoms. The number of halogens is 1. The van der Waals surface area contributed by atoms with Gasteiger partial charge in [0.2, 0.25) is 0 Å². The lowest BCUT2D eigenvalue weighted by Crippen LogP contribution is -2.22. The minimum absolute atomic E-state index is 0.125. The highest BCUT2D eigenvalue weighted by molar-refractivity contribution is 5.54. The van der Waals surface area contributed by atoms with Gasteiger partial charge in [0.1, 0.15) is 5.82 Å². The number of anilines is 1. The summed E-state index contributed by atoms with van der Waals surface area (Å²) in [6, 6.07) is 13.7. The van der Waals surface area contributed by atoms with E-state index in [9.17, 15) is 4.39 Å². The average Bonchev–Trinajstić information content (AvgIpc) is 3.11. The van der Waals surface area contributed by atoms with Crippen LogP contribution in [0.15, 0.2) is 42.5 Å². The second-order valence-corrected chi connectivity index (χ2v) is 6.29. The van der Waals surface area contributed by atoms with Crippen LogP contribution in [0.1, 0.15) is 29.5 Å². The maximum Gasteiger partial charge on any atom is 0.129 e. The monoisotopic (exact) mass is 328 g/mol. The molecule has 0 amide bonds. The fraction of sp³-hybridized carbons (Fsp3) is 0.400. The topological polar surface area (TPSA) is 24.5 Å². The Labute approximate surface area is 143 Å². The average molecular weight is 328 g/mol. The van der Waals surface area contributed by atoms with Gasteiger partial charge >= 0.3 is 0 Å². The van der Waals surface area contributed by atoms with Gasteiger partial charge in [-0.2, -0.15) is 0 Å². The molecule has 3 nitrogen and oxygen atoms in total. The number of methoxy groups -OCH3 is 1. The molecule has 0 aliphatic carbocycles. The predicted octanol–water partition coefficient (Wildman–Crippen LogP) is 3.86. The largest absolute Gasteiger partial charge is 0.380 e. The highest BCUT2D eigenvalue weighted by Crippen LogP contribution is 2.26. The Kier molecular flexibility index (Phi) is 5.83. The maximum atomic E-state index is 14.3. The van der Waals surface area contributed by atoms with Crippen molar-refractivity contribution in [1.82, 2.24) is 5.32 Å². The molecule has 0 atom stereocenters. The third kappa shape index (κ3) is 4.13. The minimum atomic E-state index is -0.125. The normalized spacial score (nSPS) is 14.3. The summed E-state index contributed by atoms with van der Waals surface area (Å²) in [5.74, 6) is -0.125. The molecule has 128 valence electrons. The molecule has 0 saturated carbocycles. The molecule has 1 N–H and O–H groups in total. The number of hydrogen-bond donors (Lipinski definition) is 1. The van der Waals surface area contributed by atoms with E-state index in [0.29, 0.717) is 19.7 Å². The van der Waals surface area contributed by atoms with E-state index in [1.54, 1.807) is 19.2 Å². The zero-order valence-corrected chi connectivity index (χ0v) is 14.2. The number of benzene rings is 2. The summed E-state index contributed by atoms with van der Waals surface area (Å²) >= 11 is 0. The summed E-state index contributed by atoms with van der Waals surface area (Å²) < 4.78 is 19.5. The Balaban J connectivity index is 1.65. The van der Waals surface area contributed by atoms with Crippen molar-refractivity contribution >= 4 is 5.69 Å². The summed E-state index contributed by atoms with van der Waals surface area (Å²) in [5.41, 5.74) is 4.14. The first-order valence-corrected chi connectivity index (χ1v) is 8.58. The van der Waals surface area contributed by atoms with Crippen molar-refractivity contribution in [3.05, 3.63) is 65.0 Å². The number of nitrogens with one attached hydrogen (secondary N) is 1. The van der Waals surface area contributed by atoms with Crippen molar-refractivity contribution in [3.63, 3.8) is 0 Å². The maximum absolute atomic E-state index is 14.3. The Hall–Kier alpha value is -1.91. The van der Waals surface area contributed by atoms with Gasteiger partial charge in [-0.15, -0.1) is 0 Å². The van der Waals surface area contributed by atoms with Gasteiger partial charge in [-0.3, -0.25) is 0 Å². The first-order valence-electron chi connectivity index (χ1n) is 8.58. The molecule has 2 aromatic carbocycles. The molecule has 0 aromatic heterocycles.